The summed E-state index contributed by atoms with van der Waals surface area (Å²) in [6, 6.07) is 0. The molecule has 0 aromatic heterocycles. The smallest absolute Gasteiger partial charge is 0.250 e. The van der Waals surface area contributed by atoms with Gasteiger partial charge in [-0.1, -0.05) is 25.5 Å². The van der Waals surface area contributed by atoms with Crippen molar-refractivity contribution < 1.29 is 4.79 Å². The summed E-state index contributed by atoms with van der Waals surface area (Å²) in [5.74, 6) is 0.907. The highest BCUT2D eigenvalue weighted by atomic mass is 16.2. The predicted molar refractivity (Wildman–Crippen MR) is 61.4 cm³/mol. The average molecular weight is 205 g/mol. The van der Waals surface area contributed by atoms with Gasteiger partial charge in [-0.3, -0.25) is 4.79 Å². The van der Waals surface area contributed by atoms with E-state index < -0.39 is 0 Å². The summed E-state index contributed by atoms with van der Waals surface area (Å²) < 4.78 is 0. The van der Waals surface area contributed by atoms with Gasteiger partial charge in [0.2, 0.25) is 5.91 Å². The number of hydrogen-bond acceptors (Lipinski definition) is 1. The fourth-order valence-corrected chi connectivity index (χ4v) is 2.41. The molecule has 0 bridgehead atoms. The molecule has 1 amide bonds. The maximum atomic E-state index is 11.7. The van der Waals surface area contributed by atoms with Gasteiger partial charge in [0.05, 0.1) is 0 Å². The van der Waals surface area contributed by atoms with Crippen LogP contribution in [0.2, 0.25) is 0 Å². The zero-order chi connectivity index (χ0) is 11.0. The summed E-state index contributed by atoms with van der Waals surface area (Å²) in [6.45, 7) is 5.31. The Labute approximate surface area is 91.6 Å². The van der Waals surface area contributed by atoms with Crippen molar-refractivity contribution in [1.29, 1.82) is 0 Å². The number of nitrogens with zero attached hydrogens (tertiary/aromatic N) is 1. The summed E-state index contributed by atoms with van der Waals surface area (Å²) >= 11 is 0. The Balaban J connectivity index is 2.24. The molecule has 2 rings (SSSR count). The number of amides is 1. The Morgan fingerprint density at radius 3 is 2.87 bits per heavy atom. The molecule has 0 radical (unpaired) electrons. The number of carbonyl (C=O) groups is 1. The summed E-state index contributed by atoms with van der Waals surface area (Å²) in [4.78, 5) is 13.5. The van der Waals surface area contributed by atoms with E-state index in [0.29, 0.717) is 5.92 Å². The number of rotatable bonds is 2. The second-order valence-corrected chi connectivity index (χ2v) is 4.69. The van der Waals surface area contributed by atoms with Crippen LogP contribution in [0.5, 0.6) is 0 Å². The molecule has 1 aliphatic heterocycles. The van der Waals surface area contributed by atoms with Gasteiger partial charge >= 0.3 is 0 Å². The average Bonchev–Trinajstić information content (AvgIpc) is 2.53. The van der Waals surface area contributed by atoms with Crippen LogP contribution in [0, 0.1) is 5.92 Å². The van der Waals surface area contributed by atoms with Crippen molar-refractivity contribution in [2.45, 2.75) is 33.1 Å². The first kappa shape index (κ1) is 10.5. The van der Waals surface area contributed by atoms with Gasteiger partial charge < -0.3 is 4.90 Å². The van der Waals surface area contributed by atoms with E-state index in [-0.39, 0.29) is 5.91 Å². The minimum atomic E-state index is 0.240. The highest BCUT2D eigenvalue weighted by Gasteiger charge is 2.29. The third kappa shape index (κ3) is 1.73. The normalized spacial score (nSPS) is 23.0. The Kier molecular flexibility index (Phi) is 2.68. The lowest BCUT2D eigenvalue weighted by molar-refractivity contribution is -0.124. The number of likely N-dealkylation sites (N-methyl/N-ethyl adjacent to an activating group) is 1. The van der Waals surface area contributed by atoms with Gasteiger partial charge in [-0.15, -0.1) is 0 Å². The van der Waals surface area contributed by atoms with Crippen LogP contribution < -0.4 is 0 Å². The van der Waals surface area contributed by atoms with Gasteiger partial charge in [0, 0.05) is 19.2 Å². The van der Waals surface area contributed by atoms with E-state index in [1.54, 1.807) is 0 Å². The highest BCUT2D eigenvalue weighted by molar-refractivity contribution is 5.97. The summed E-state index contributed by atoms with van der Waals surface area (Å²) in [5, 5.41) is 0. The summed E-state index contributed by atoms with van der Waals surface area (Å²) in [5.41, 5.74) is 3.85. The van der Waals surface area contributed by atoms with Crippen molar-refractivity contribution in [3.8, 4) is 0 Å². The first-order valence-corrected chi connectivity index (χ1v) is 5.81. The van der Waals surface area contributed by atoms with Crippen molar-refractivity contribution in [2.75, 3.05) is 13.6 Å². The van der Waals surface area contributed by atoms with Crippen molar-refractivity contribution in [3.05, 3.63) is 22.8 Å². The molecule has 1 atom stereocenters. The SMILES string of the molecule is CCC(C)C1=CC2=C(CC1)C(=O)N(C)C2. The van der Waals surface area contributed by atoms with Crippen LogP contribution in [0.4, 0.5) is 0 Å². The van der Waals surface area contributed by atoms with Crippen molar-refractivity contribution in [3.63, 3.8) is 0 Å². The quantitative estimate of drug-likeness (QED) is 0.678. The molecule has 0 spiro atoms. The first-order chi connectivity index (χ1) is 7.13. The van der Waals surface area contributed by atoms with E-state index in [4.69, 9.17) is 0 Å². The molecule has 0 N–H and O–H groups in total. The monoisotopic (exact) mass is 205 g/mol. The van der Waals surface area contributed by atoms with Crippen LogP contribution in [0.25, 0.3) is 0 Å². The van der Waals surface area contributed by atoms with Gasteiger partial charge in [0.25, 0.3) is 0 Å². The highest BCUT2D eigenvalue weighted by Crippen LogP contribution is 2.33. The molecule has 2 heteroatoms. The molecule has 0 saturated heterocycles. The van der Waals surface area contributed by atoms with Crippen LogP contribution in [0.15, 0.2) is 22.8 Å². The molecule has 0 saturated carbocycles. The lowest BCUT2D eigenvalue weighted by Gasteiger charge is -2.18. The summed E-state index contributed by atoms with van der Waals surface area (Å²) in [7, 11) is 1.89. The van der Waals surface area contributed by atoms with E-state index in [2.05, 4.69) is 19.9 Å². The molecule has 0 fully saturated rings. The zero-order valence-corrected chi connectivity index (χ0v) is 9.84. The minimum absolute atomic E-state index is 0.240. The Hall–Kier alpha value is -1.05. The zero-order valence-electron chi connectivity index (χ0n) is 9.84. The van der Waals surface area contributed by atoms with E-state index >= 15 is 0 Å². The lowest BCUT2D eigenvalue weighted by Crippen LogP contribution is -2.21. The fourth-order valence-electron chi connectivity index (χ4n) is 2.41. The van der Waals surface area contributed by atoms with E-state index in [0.717, 1.165) is 25.0 Å². The van der Waals surface area contributed by atoms with Gasteiger partial charge in [-0.05, 0) is 30.8 Å². The largest absolute Gasteiger partial charge is 0.338 e. The second-order valence-electron chi connectivity index (χ2n) is 4.69. The molecule has 1 heterocycles. The lowest BCUT2D eigenvalue weighted by atomic mass is 9.86. The maximum absolute atomic E-state index is 11.7. The van der Waals surface area contributed by atoms with Crippen LogP contribution >= 0.6 is 0 Å². The van der Waals surface area contributed by atoms with E-state index in [1.165, 1.54) is 17.6 Å². The third-order valence-corrected chi connectivity index (χ3v) is 3.67. The van der Waals surface area contributed by atoms with E-state index in [1.807, 2.05) is 11.9 Å². The van der Waals surface area contributed by atoms with Crippen molar-refractivity contribution in [1.82, 2.24) is 4.90 Å². The summed E-state index contributed by atoms with van der Waals surface area (Å²) in [6.07, 6.45) is 5.49. The molecule has 1 unspecified atom stereocenters. The van der Waals surface area contributed by atoms with Crippen LogP contribution in [-0.4, -0.2) is 24.4 Å². The van der Waals surface area contributed by atoms with Crippen LogP contribution in [0.3, 0.4) is 0 Å². The maximum Gasteiger partial charge on any atom is 0.250 e. The molecule has 2 nitrogen and oxygen atoms in total. The van der Waals surface area contributed by atoms with Gasteiger partial charge in [0.1, 0.15) is 0 Å². The Morgan fingerprint density at radius 2 is 2.20 bits per heavy atom. The number of allylic oxidation sites excluding steroid dienone is 1. The molecule has 0 aromatic rings. The molecule has 82 valence electrons. The predicted octanol–water partition coefficient (Wildman–Crippen LogP) is 2.52. The van der Waals surface area contributed by atoms with Crippen LogP contribution in [0.1, 0.15) is 33.1 Å². The van der Waals surface area contributed by atoms with Gasteiger partial charge in [-0.2, -0.15) is 0 Å². The second kappa shape index (κ2) is 3.84. The minimum Gasteiger partial charge on any atom is -0.338 e. The van der Waals surface area contributed by atoms with Crippen molar-refractivity contribution in [2.24, 2.45) is 5.92 Å². The number of carbonyl (C=O) groups excluding carboxylic acids is 1. The van der Waals surface area contributed by atoms with Gasteiger partial charge in [0.15, 0.2) is 0 Å². The molecule has 15 heavy (non-hydrogen) atoms. The van der Waals surface area contributed by atoms with Crippen LogP contribution in [-0.2, 0) is 4.79 Å². The number of hydrogen-bond donors (Lipinski definition) is 0. The molecule has 0 aromatic carbocycles. The third-order valence-electron chi connectivity index (χ3n) is 3.67. The Morgan fingerprint density at radius 1 is 1.47 bits per heavy atom. The van der Waals surface area contributed by atoms with Crippen molar-refractivity contribution >= 4 is 5.91 Å². The Bertz CT molecular complexity index is 352. The standard InChI is InChI=1S/C13H19NO/c1-4-9(2)10-5-6-12-11(7-10)8-14(3)13(12)15/h7,9H,4-6,8H2,1-3H3. The molecular weight excluding hydrogens is 186 g/mol. The molecule has 2 aliphatic rings. The van der Waals surface area contributed by atoms with E-state index in [9.17, 15) is 4.79 Å². The molecular formula is C13H19NO. The molecule has 1 aliphatic carbocycles. The fraction of sp³-hybridized carbons (Fsp3) is 0.615. The van der Waals surface area contributed by atoms with Gasteiger partial charge in [-0.25, -0.2) is 0 Å². The topological polar surface area (TPSA) is 20.3 Å². The first-order valence-electron chi connectivity index (χ1n) is 5.81.